The monoisotopic (exact) mass is 481 g/mol. The number of fused-ring (bicyclic) bond motifs is 1. The van der Waals surface area contributed by atoms with E-state index in [-0.39, 0.29) is 28.9 Å². The summed E-state index contributed by atoms with van der Waals surface area (Å²) < 4.78 is 7.32. The number of rotatable bonds is 12. The molecule has 7 heteroatoms. The maximum atomic E-state index is 13.2. The molecule has 0 saturated heterocycles. The van der Waals surface area contributed by atoms with Crippen molar-refractivity contribution >= 4 is 28.6 Å². The number of carbonyl (C=O) groups is 1. The van der Waals surface area contributed by atoms with Crippen molar-refractivity contribution in [2.24, 2.45) is 0 Å². The van der Waals surface area contributed by atoms with Gasteiger partial charge in [0, 0.05) is 19.2 Å². The Morgan fingerprint density at radius 1 is 1.06 bits per heavy atom. The van der Waals surface area contributed by atoms with Crippen LogP contribution in [0.5, 0.6) is 0 Å². The van der Waals surface area contributed by atoms with Crippen LogP contribution >= 0.6 is 11.8 Å². The van der Waals surface area contributed by atoms with Crippen molar-refractivity contribution in [2.75, 3.05) is 6.61 Å². The lowest BCUT2D eigenvalue weighted by Crippen LogP contribution is -2.38. The van der Waals surface area contributed by atoms with Gasteiger partial charge in [-0.1, -0.05) is 54.2 Å². The van der Waals surface area contributed by atoms with Gasteiger partial charge in [0.15, 0.2) is 5.16 Å². The van der Waals surface area contributed by atoms with Gasteiger partial charge in [-0.15, -0.1) is 0 Å². The van der Waals surface area contributed by atoms with Gasteiger partial charge in [-0.3, -0.25) is 14.2 Å². The second kappa shape index (κ2) is 12.7. The Labute approximate surface area is 206 Å². The van der Waals surface area contributed by atoms with E-state index < -0.39 is 0 Å². The topological polar surface area (TPSA) is 73.2 Å². The highest BCUT2D eigenvalue weighted by Gasteiger charge is 2.20. The number of benzene rings is 2. The molecular weight excluding hydrogens is 446 g/mol. The van der Waals surface area contributed by atoms with E-state index in [0.717, 1.165) is 12.8 Å². The first-order valence-electron chi connectivity index (χ1n) is 12.0. The number of aryl methyl sites for hydroxylation is 1. The van der Waals surface area contributed by atoms with Crippen molar-refractivity contribution in [1.82, 2.24) is 14.9 Å². The number of nitrogens with one attached hydrogen (secondary N) is 1. The van der Waals surface area contributed by atoms with Crippen molar-refractivity contribution in [2.45, 2.75) is 76.1 Å². The van der Waals surface area contributed by atoms with Crippen LogP contribution in [0.15, 0.2) is 64.5 Å². The molecule has 3 rings (SSSR count). The van der Waals surface area contributed by atoms with Crippen LogP contribution in [0.3, 0.4) is 0 Å². The number of aromatic nitrogens is 2. The van der Waals surface area contributed by atoms with E-state index in [1.54, 1.807) is 10.6 Å². The Hall–Kier alpha value is -2.64. The zero-order valence-corrected chi connectivity index (χ0v) is 21.3. The summed E-state index contributed by atoms with van der Waals surface area (Å²) in [4.78, 5) is 30.8. The minimum atomic E-state index is -0.384. The summed E-state index contributed by atoms with van der Waals surface area (Å²) in [6.45, 7) is 8.93. The number of hydrogen-bond donors (Lipinski definition) is 1. The molecule has 0 bridgehead atoms. The molecule has 3 aromatic rings. The molecule has 182 valence electrons. The number of amides is 1. The molecule has 1 heterocycles. The first kappa shape index (κ1) is 26.0. The van der Waals surface area contributed by atoms with Crippen LogP contribution in [0.1, 0.15) is 46.1 Å². The molecule has 0 saturated carbocycles. The molecule has 0 aliphatic carbocycles. The summed E-state index contributed by atoms with van der Waals surface area (Å²) >= 11 is 1.33. The SMILES string of the molecule is CC(CCc1ccccc1)NC(=O)C(C)Sc1nc2ccccc2c(=O)n1CCCOC(C)C. The second-order valence-electron chi connectivity index (χ2n) is 8.84. The van der Waals surface area contributed by atoms with Gasteiger partial charge in [0.05, 0.1) is 22.3 Å². The number of hydrogen-bond acceptors (Lipinski definition) is 5. The van der Waals surface area contributed by atoms with Crippen LogP contribution in [0.2, 0.25) is 0 Å². The van der Waals surface area contributed by atoms with Gasteiger partial charge in [0.2, 0.25) is 5.91 Å². The summed E-state index contributed by atoms with van der Waals surface area (Å²) in [6.07, 6.45) is 2.62. The fourth-order valence-electron chi connectivity index (χ4n) is 3.65. The first-order valence-corrected chi connectivity index (χ1v) is 12.8. The second-order valence-corrected chi connectivity index (χ2v) is 10.1. The van der Waals surface area contributed by atoms with Crippen LogP contribution in [0.4, 0.5) is 0 Å². The van der Waals surface area contributed by atoms with Crippen LogP contribution in [0.25, 0.3) is 10.9 Å². The predicted octanol–water partition coefficient (Wildman–Crippen LogP) is 4.83. The number of carbonyl (C=O) groups excluding carboxylic acids is 1. The molecule has 0 spiro atoms. The summed E-state index contributed by atoms with van der Waals surface area (Å²) in [7, 11) is 0. The van der Waals surface area contributed by atoms with E-state index in [2.05, 4.69) is 17.4 Å². The summed E-state index contributed by atoms with van der Waals surface area (Å²) in [5, 5.41) is 3.88. The summed E-state index contributed by atoms with van der Waals surface area (Å²) in [5.74, 6) is -0.0531. The number of nitrogens with zero attached hydrogens (tertiary/aromatic N) is 2. The van der Waals surface area contributed by atoms with Gasteiger partial charge in [0.1, 0.15) is 0 Å². The minimum absolute atomic E-state index is 0.0516. The molecule has 34 heavy (non-hydrogen) atoms. The lowest BCUT2D eigenvalue weighted by Gasteiger charge is -2.19. The Morgan fingerprint density at radius 3 is 2.50 bits per heavy atom. The van der Waals surface area contributed by atoms with Gasteiger partial charge in [0.25, 0.3) is 5.56 Å². The normalized spacial score (nSPS) is 13.2. The molecule has 0 fully saturated rings. The molecule has 1 N–H and O–H groups in total. The lowest BCUT2D eigenvalue weighted by molar-refractivity contribution is -0.120. The van der Waals surface area contributed by atoms with E-state index in [0.29, 0.717) is 35.6 Å². The molecule has 1 aromatic heterocycles. The van der Waals surface area contributed by atoms with Crippen molar-refractivity contribution < 1.29 is 9.53 Å². The summed E-state index contributed by atoms with van der Waals surface area (Å²) in [6, 6.07) is 17.7. The maximum absolute atomic E-state index is 13.2. The molecule has 0 aliphatic rings. The van der Waals surface area contributed by atoms with E-state index in [4.69, 9.17) is 9.72 Å². The average molecular weight is 482 g/mol. The van der Waals surface area contributed by atoms with Gasteiger partial charge < -0.3 is 10.1 Å². The van der Waals surface area contributed by atoms with Crippen molar-refractivity contribution in [3.8, 4) is 0 Å². The van der Waals surface area contributed by atoms with Crippen LogP contribution in [-0.2, 0) is 22.5 Å². The highest BCUT2D eigenvalue weighted by atomic mass is 32.2. The van der Waals surface area contributed by atoms with Crippen molar-refractivity contribution in [1.29, 1.82) is 0 Å². The van der Waals surface area contributed by atoms with E-state index in [1.165, 1.54) is 17.3 Å². The first-order chi connectivity index (χ1) is 16.3. The smallest absolute Gasteiger partial charge is 0.262 e. The van der Waals surface area contributed by atoms with E-state index in [9.17, 15) is 9.59 Å². The van der Waals surface area contributed by atoms with Gasteiger partial charge >= 0.3 is 0 Å². The Kier molecular flexibility index (Phi) is 9.72. The third-order valence-corrected chi connectivity index (χ3v) is 6.64. The van der Waals surface area contributed by atoms with E-state index >= 15 is 0 Å². The van der Waals surface area contributed by atoms with Crippen LogP contribution < -0.4 is 10.9 Å². The van der Waals surface area contributed by atoms with E-state index in [1.807, 2.05) is 64.1 Å². The minimum Gasteiger partial charge on any atom is -0.379 e. The molecule has 0 aliphatic heterocycles. The Balaban J connectivity index is 1.68. The molecule has 0 radical (unpaired) electrons. The quantitative estimate of drug-likeness (QED) is 0.228. The van der Waals surface area contributed by atoms with Crippen LogP contribution in [-0.4, -0.2) is 39.5 Å². The number of ether oxygens (including phenoxy) is 1. The standard InChI is InChI=1S/C27H35N3O3S/c1-19(2)33-18-10-17-30-26(32)23-13-8-9-14-24(23)29-27(30)34-21(4)25(31)28-20(3)15-16-22-11-6-5-7-12-22/h5-9,11-14,19-21H,10,15-18H2,1-4H3,(H,28,31). The molecule has 6 nitrogen and oxygen atoms in total. The number of thioether (sulfide) groups is 1. The molecule has 2 aromatic carbocycles. The van der Waals surface area contributed by atoms with Gasteiger partial charge in [-0.25, -0.2) is 4.98 Å². The number of para-hydroxylation sites is 1. The fourth-order valence-corrected chi connectivity index (χ4v) is 4.59. The molecule has 1 amide bonds. The largest absolute Gasteiger partial charge is 0.379 e. The maximum Gasteiger partial charge on any atom is 0.262 e. The van der Waals surface area contributed by atoms with Gasteiger partial charge in [-0.2, -0.15) is 0 Å². The summed E-state index contributed by atoms with van der Waals surface area (Å²) in [5.41, 5.74) is 1.83. The third-order valence-electron chi connectivity index (χ3n) is 5.55. The molecule has 2 unspecified atom stereocenters. The van der Waals surface area contributed by atoms with Crippen molar-refractivity contribution in [3.05, 3.63) is 70.5 Å². The Bertz CT molecular complexity index is 1130. The lowest BCUT2D eigenvalue weighted by atomic mass is 10.1. The van der Waals surface area contributed by atoms with Crippen molar-refractivity contribution in [3.63, 3.8) is 0 Å². The Morgan fingerprint density at radius 2 is 1.76 bits per heavy atom. The third kappa shape index (κ3) is 7.43. The van der Waals surface area contributed by atoms with Gasteiger partial charge in [-0.05, 0) is 64.7 Å². The highest BCUT2D eigenvalue weighted by Crippen LogP contribution is 2.23. The predicted molar refractivity (Wildman–Crippen MR) is 139 cm³/mol. The van der Waals surface area contributed by atoms with Crippen LogP contribution in [0, 0.1) is 0 Å². The average Bonchev–Trinajstić information content (AvgIpc) is 2.82. The zero-order chi connectivity index (χ0) is 24.5. The zero-order valence-electron chi connectivity index (χ0n) is 20.5. The highest BCUT2D eigenvalue weighted by molar-refractivity contribution is 8.00. The molecular formula is C27H35N3O3S. The molecule has 2 atom stereocenters. The fraction of sp³-hybridized carbons (Fsp3) is 0.444.